The number of aromatic nitrogens is 2. The van der Waals surface area contributed by atoms with Crippen molar-refractivity contribution in [3.05, 3.63) is 77.0 Å². The van der Waals surface area contributed by atoms with E-state index < -0.39 is 0 Å². The highest BCUT2D eigenvalue weighted by Gasteiger charge is 2.21. The van der Waals surface area contributed by atoms with Gasteiger partial charge in [-0.1, -0.05) is 30.3 Å². The molecule has 4 rings (SSSR count). The zero-order chi connectivity index (χ0) is 19.3. The lowest BCUT2D eigenvalue weighted by Crippen LogP contribution is -2.49. The Balaban J connectivity index is 1.33. The van der Waals surface area contributed by atoms with Gasteiger partial charge in [-0.3, -0.25) is 19.1 Å². The molecule has 0 bridgehead atoms. The Labute approximate surface area is 162 Å². The molecular weight excluding hydrogens is 356 g/mol. The number of nitrogens with zero attached hydrogens (tertiary/aromatic N) is 4. The van der Waals surface area contributed by atoms with Crippen molar-refractivity contribution in [2.24, 2.45) is 0 Å². The fraction of sp³-hybridized carbons (Fsp3) is 0.286. The SMILES string of the molecule is O=C(Cn1cnc(-c2ccco2)cc1=O)N1CCN(Cc2ccccc2)CC1. The highest BCUT2D eigenvalue weighted by atomic mass is 16.3. The van der Waals surface area contributed by atoms with E-state index in [1.54, 1.807) is 12.1 Å². The largest absolute Gasteiger partial charge is 0.463 e. The lowest BCUT2D eigenvalue weighted by Gasteiger charge is -2.34. The molecule has 0 aliphatic carbocycles. The van der Waals surface area contributed by atoms with Gasteiger partial charge in [0.15, 0.2) is 5.76 Å². The quantitative estimate of drug-likeness (QED) is 0.678. The van der Waals surface area contributed by atoms with Gasteiger partial charge >= 0.3 is 0 Å². The maximum absolute atomic E-state index is 12.6. The third-order valence-electron chi connectivity index (χ3n) is 4.93. The molecule has 0 saturated carbocycles. The molecular formula is C21H22N4O3. The van der Waals surface area contributed by atoms with Gasteiger partial charge in [-0.2, -0.15) is 0 Å². The number of piperazine rings is 1. The molecule has 0 radical (unpaired) electrons. The molecule has 0 N–H and O–H groups in total. The number of carbonyl (C=O) groups is 1. The Bertz CT molecular complexity index is 974. The van der Waals surface area contributed by atoms with Gasteiger partial charge in [0.2, 0.25) is 5.91 Å². The summed E-state index contributed by atoms with van der Waals surface area (Å²) < 4.78 is 6.59. The van der Waals surface area contributed by atoms with Crippen molar-refractivity contribution in [3.8, 4) is 11.5 Å². The van der Waals surface area contributed by atoms with E-state index in [0.29, 0.717) is 24.5 Å². The minimum Gasteiger partial charge on any atom is -0.463 e. The summed E-state index contributed by atoms with van der Waals surface area (Å²) in [4.78, 5) is 33.3. The molecule has 1 aliphatic rings. The standard InChI is InChI=1S/C21H22N4O3/c26-20-13-18(19-7-4-12-28-19)22-16-25(20)15-21(27)24-10-8-23(9-11-24)14-17-5-2-1-3-6-17/h1-7,12-13,16H,8-11,14-15H2. The Kier molecular flexibility index (Phi) is 5.34. The average molecular weight is 378 g/mol. The number of carbonyl (C=O) groups excluding carboxylic acids is 1. The van der Waals surface area contributed by atoms with Crippen LogP contribution >= 0.6 is 0 Å². The number of hydrogen-bond donors (Lipinski definition) is 0. The molecule has 1 amide bonds. The fourth-order valence-corrected chi connectivity index (χ4v) is 3.35. The minimum absolute atomic E-state index is 0.00293. The first-order valence-corrected chi connectivity index (χ1v) is 9.33. The van der Waals surface area contributed by atoms with Gasteiger partial charge in [-0.15, -0.1) is 0 Å². The van der Waals surface area contributed by atoms with Crippen molar-refractivity contribution >= 4 is 5.91 Å². The number of amides is 1. The third-order valence-corrected chi connectivity index (χ3v) is 4.93. The molecule has 0 spiro atoms. The molecule has 1 saturated heterocycles. The van der Waals surface area contributed by atoms with Crippen LogP contribution in [-0.2, 0) is 17.9 Å². The molecule has 1 aliphatic heterocycles. The predicted molar refractivity (Wildman–Crippen MR) is 104 cm³/mol. The van der Waals surface area contributed by atoms with E-state index in [1.165, 1.54) is 28.8 Å². The molecule has 7 heteroatoms. The maximum atomic E-state index is 12.6. The second kappa shape index (κ2) is 8.22. The van der Waals surface area contributed by atoms with Crippen LogP contribution in [0.4, 0.5) is 0 Å². The summed E-state index contributed by atoms with van der Waals surface area (Å²) in [6, 6.07) is 15.2. The van der Waals surface area contributed by atoms with Gasteiger partial charge in [0.25, 0.3) is 5.56 Å². The molecule has 3 heterocycles. The van der Waals surface area contributed by atoms with Gasteiger partial charge in [-0.05, 0) is 17.7 Å². The Morgan fingerprint density at radius 1 is 1.04 bits per heavy atom. The number of benzene rings is 1. The van der Waals surface area contributed by atoms with E-state index in [0.717, 1.165) is 19.6 Å². The van der Waals surface area contributed by atoms with Crippen LogP contribution < -0.4 is 5.56 Å². The highest BCUT2D eigenvalue weighted by Crippen LogP contribution is 2.14. The lowest BCUT2D eigenvalue weighted by molar-refractivity contribution is -0.133. The van der Waals surface area contributed by atoms with Gasteiger partial charge in [0.1, 0.15) is 12.2 Å². The second-order valence-electron chi connectivity index (χ2n) is 6.86. The third kappa shape index (κ3) is 4.20. The molecule has 0 atom stereocenters. The summed E-state index contributed by atoms with van der Waals surface area (Å²) >= 11 is 0. The van der Waals surface area contributed by atoms with E-state index >= 15 is 0 Å². The number of hydrogen-bond acceptors (Lipinski definition) is 5. The van der Waals surface area contributed by atoms with Crippen LogP contribution in [0.1, 0.15) is 5.56 Å². The van der Waals surface area contributed by atoms with Crippen LogP contribution in [0.25, 0.3) is 11.5 Å². The van der Waals surface area contributed by atoms with Crippen LogP contribution in [0, 0.1) is 0 Å². The van der Waals surface area contributed by atoms with Gasteiger partial charge in [0.05, 0.1) is 12.6 Å². The molecule has 28 heavy (non-hydrogen) atoms. The van der Waals surface area contributed by atoms with Crippen LogP contribution in [0.15, 0.2) is 70.3 Å². The van der Waals surface area contributed by atoms with E-state index in [-0.39, 0.29) is 18.0 Å². The zero-order valence-electron chi connectivity index (χ0n) is 15.5. The zero-order valence-corrected chi connectivity index (χ0v) is 15.5. The van der Waals surface area contributed by atoms with Crippen LogP contribution in [0.3, 0.4) is 0 Å². The maximum Gasteiger partial charge on any atom is 0.254 e. The van der Waals surface area contributed by atoms with Crippen LogP contribution in [-0.4, -0.2) is 51.4 Å². The normalized spacial score (nSPS) is 14.9. The smallest absolute Gasteiger partial charge is 0.254 e. The van der Waals surface area contributed by atoms with Gasteiger partial charge in [-0.25, -0.2) is 4.98 Å². The van der Waals surface area contributed by atoms with Crippen molar-refractivity contribution in [2.75, 3.05) is 26.2 Å². The van der Waals surface area contributed by atoms with Gasteiger partial charge in [0, 0.05) is 38.8 Å². The number of furan rings is 1. The number of rotatable bonds is 5. The van der Waals surface area contributed by atoms with Crippen molar-refractivity contribution < 1.29 is 9.21 Å². The van der Waals surface area contributed by atoms with E-state index in [9.17, 15) is 9.59 Å². The van der Waals surface area contributed by atoms with Crippen LogP contribution in [0.2, 0.25) is 0 Å². The summed E-state index contributed by atoms with van der Waals surface area (Å²) in [6.45, 7) is 3.87. The second-order valence-corrected chi connectivity index (χ2v) is 6.86. The molecule has 1 aromatic carbocycles. The summed E-state index contributed by atoms with van der Waals surface area (Å²) in [6.07, 6.45) is 2.94. The molecule has 144 valence electrons. The molecule has 3 aromatic rings. The first-order valence-electron chi connectivity index (χ1n) is 9.33. The molecule has 0 unspecified atom stereocenters. The monoisotopic (exact) mass is 378 g/mol. The van der Waals surface area contributed by atoms with Crippen LogP contribution in [0.5, 0.6) is 0 Å². The van der Waals surface area contributed by atoms with Crippen molar-refractivity contribution in [2.45, 2.75) is 13.1 Å². The topological polar surface area (TPSA) is 71.6 Å². The van der Waals surface area contributed by atoms with Crippen molar-refractivity contribution in [1.82, 2.24) is 19.4 Å². The minimum atomic E-state index is -0.266. The Hall–Kier alpha value is -3.19. The Morgan fingerprint density at radius 2 is 1.82 bits per heavy atom. The lowest BCUT2D eigenvalue weighted by atomic mass is 10.2. The fourth-order valence-electron chi connectivity index (χ4n) is 3.35. The van der Waals surface area contributed by atoms with Crippen molar-refractivity contribution in [3.63, 3.8) is 0 Å². The van der Waals surface area contributed by atoms with Crippen molar-refractivity contribution in [1.29, 1.82) is 0 Å². The first-order chi connectivity index (χ1) is 13.7. The predicted octanol–water partition coefficient (Wildman–Crippen LogP) is 1.85. The molecule has 1 fully saturated rings. The van der Waals surface area contributed by atoms with E-state index in [1.807, 2.05) is 23.1 Å². The molecule has 7 nitrogen and oxygen atoms in total. The summed E-state index contributed by atoms with van der Waals surface area (Å²) in [5, 5.41) is 0. The summed E-state index contributed by atoms with van der Waals surface area (Å²) in [7, 11) is 0. The average Bonchev–Trinajstić information content (AvgIpc) is 3.26. The van der Waals surface area contributed by atoms with E-state index in [4.69, 9.17) is 4.42 Å². The Morgan fingerprint density at radius 3 is 2.50 bits per heavy atom. The first kappa shape index (κ1) is 18.2. The summed E-state index contributed by atoms with van der Waals surface area (Å²) in [5.74, 6) is 0.471. The summed E-state index contributed by atoms with van der Waals surface area (Å²) in [5.41, 5.74) is 1.47. The van der Waals surface area contributed by atoms with E-state index in [2.05, 4.69) is 22.0 Å². The highest BCUT2D eigenvalue weighted by molar-refractivity contribution is 5.76. The van der Waals surface area contributed by atoms with Gasteiger partial charge < -0.3 is 9.32 Å². The molecule has 2 aromatic heterocycles.